The number of nitrogens with one attached hydrogen (secondary N) is 4. The highest BCUT2D eigenvalue weighted by Crippen LogP contribution is 2.13. The molecule has 1 aliphatic rings. The van der Waals surface area contributed by atoms with Crippen LogP contribution in [0.25, 0.3) is 0 Å². The lowest BCUT2D eigenvalue weighted by molar-refractivity contribution is -0.144. The van der Waals surface area contributed by atoms with E-state index in [1.54, 1.807) is 13.8 Å². The Bertz CT molecular complexity index is 631. The Balaban J connectivity index is 2.95. The minimum Gasteiger partial charge on any atom is -0.480 e. The third-order valence-electron chi connectivity index (χ3n) is 5.74. The van der Waals surface area contributed by atoms with E-state index >= 15 is 0 Å². The van der Waals surface area contributed by atoms with Gasteiger partial charge in [0.05, 0.1) is 6.04 Å². The van der Waals surface area contributed by atoms with Gasteiger partial charge in [-0.15, -0.1) is 0 Å². The standard InChI is InChI=1S/C22H40N4O5/c1-7-14(6)18(21(29)25-17(13(4)5)22(30)31)26-20(28)16(11-12(2)3)24-19(27)15-9-8-10-23-15/h12-18,23H,7-11H2,1-6H3,(H,24,27)(H,25,29)(H,26,28)(H,30,31). The molecule has 9 nitrogen and oxygen atoms in total. The molecule has 1 rings (SSSR count). The summed E-state index contributed by atoms with van der Waals surface area (Å²) in [6, 6.07) is -3.02. The van der Waals surface area contributed by atoms with E-state index in [2.05, 4.69) is 21.3 Å². The highest BCUT2D eigenvalue weighted by Gasteiger charge is 2.34. The Labute approximate surface area is 185 Å². The molecule has 0 aliphatic carbocycles. The number of rotatable bonds is 12. The Hall–Kier alpha value is -2.16. The summed E-state index contributed by atoms with van der Waals surface area (Å²) >= 11 is 0. The number of carbonyl (C=O) groups is 4. The number of carboxylic acids is 1. The fraction of sp³-hybridized carbons (Fsp3) is 0.818. The summed E-state index contributed by atoms with van der Waals surface area (Å²) in [5, 5.41) is 20.7. The van der Waals surface area contributed by atoms with E-state index in [4.69, 9.17) is 0 Å². The summed E-state index contributed by atoms with van der Waals surface area (Å²) in [6.07, 6.45) is 2.69. The average molecular weight is 441 g/mol. The molecule has 178 valence electrons. The van der Waals surface area contributed by atoms with Gasteiger partial charge >= 0.3 is 5.97 Å². The molecule has 0 aromatic heterocycles. The zero-order valence-electron chi connectivity index (χ0n) is 19.7. The predicted octanol–water partition coefficient (Wildman–Crippen LogP) is 1.03. The maximum Gasteiger partial charge on any atom is 0.326 e. The summed E-state index contributed by atoms with van der Waals surface area (Å²) in [6.45, 7) is 11.8. The second-order valence-corrected chi connectivity index (χ2v) is 9.28. The van der Waals surface area contributed by atoms with Crippen LogP contribution in [0.15, 0.2) is 0 Å². The lowest BCUT2D eigenvalue weighted by Crippen LogP contribution is -2.59. The molecule has 3 amide bonds. The number of aliphatic carboxylic acids is 1. The van der Waals surface area contributed by atoms with Crippen LogP contribution in [0.5, 0.6) is 0 Å². The van der Waals surface area contributed by atoms with E-state index in [9.17, 15) is 24.3 Å². The van der Waals surface area contributed by atoms with Crippen LogP contribution in [-0.2, 0) is 19.2 Å². The van der Waals surface area contributed by atoms with Crippen LogP contribution in [0.1, 0.15) is 67.2 Å². The monoisotopic (exact) mass is 440 g/mol. The number of amides is 3. The van der Waals surface area contributed by atoms with E-state index in [0.717, 1.165) is 19.4 Å². The fourth-order valence-electron chi connectivity index (χ4n) is 3.60. The summed E-state index contributed by atoms with van der Waals surface area (Å²) in [5.74, 6) is -2.66. The third-order valence-corrected chi connectivity index (χ3v) is 5.74. The van der Waals surface area contributed by atoms with Crippen LogP contribution in [0, 0.1) is 17.8 Å². The van der Waals surface area contributed by atoms with Crippen molar-refractivity contribution in [3.63, 3.8) is 0 Å². The average Bonchev–Trinajstić information content (AvgIpc) is 3.22. The van der Waals surface area contributed by atoms with Crippen molar-refractivity contribution in [2.45, 2.75) is 91.4 Å². The smallest absolute Gasteiger partial charge is 0.326 e. The van der Waals surface area contributed by atoms with Crippen molar-refractivity contribution in [3.8, 4) is 0 Å². The highest BCUT2D eigenvalue weighted by atomic mass is 16.4. The second kappa shape index (κ2) is 12.6. The van der Waals surface area contributed by atoms with E-state index < -0.39 is 35.9 Å². The van der Waals surface area contributed by atoms with Crippen LogP contribution >= 0.6 is 0 Å². The van der Waals surface area contributed by atoms with Gasteiger partial charge < -0.3 is 26.4 Å². The SMILES string of the molecule is CCC(C)C(NC(=O)C(CC(C)C)NC(=O)C1CCCN1)C(=O)NC(C(=O)O)C(C)C. The Morgan fingerprint density at radius 2 is 1.58 bits per heavy atom. The van der Waals surface area contributed by atoms with Crippen molar-refractivity contribution in [3.05, 3.63) is 0 Å². The summed E-state index contributed by atoms with van der Waals surface area (Å²) in [4.78, 5) is 50.0. The maximum atomic E-state index is 13.1. The molecule has 0 saturated carbocycles. The number of hydrogen-bond acceptors (Lipinski definition) is 5. The third kappa shape index (κ3) is 8.47. The van der Waals surface area contributed by atoms with E-state index in [1.165, 1.54) is 0 Å². The predicted molar refractivity (Wildman–Crippen MR) is 118 cm³/mol. The fourth-order valence-corrected chi connectivity index (χ4v) is 3.60. The van der Waals surface area contributed by atoms with Crippen molar-refractivity contribution >= 4 is 23.7 Å². The van der Waals surface area contributed by atoms with Gasteiger partial charge in [-0.2, -0.15) is 0 Å². The van der Waals surface area contributed by atoms with Gasteiger partial charge in [-0.05, 0) is 43.6 Å². The van der Waals surface area contributed by atoms with E-state index in [0.29, 0.717) is 12.8 Å². The van der Waals surface area contributed by atoms with Crippen molar-refractivity contribution in [1.82, 2.24) is 21.3 Å². The van der Waals surface area contributed by atoms with Gasteiger partial charge in [-0.1, -0.05) is 48.0 Å². The first-order chi connectivity index (χ1) is 14.5. The van der Waals surface area contributed by atoms with Crippen molar-refractivity contribution < 1.29 is 24.3 Å². The molecular weight excluding hydrogens is 400 g/mol. The van der Waals surface area contributed by atoms with Crippen LogP contribution in [0.4, 0.5) is 0 Å². The number of hydrogen-bond donors (Lipinski definition) is 5. The Kier molecular flexibility index (Phi) is 11.0. The molecule has 1 fully saturated rings. The van der Waals surface area contributed by atoms with Gasteiger partial charge in [-0.3, -0.25) is 14.4 Å². The summed E-state index contributed by atoms with van der Waals surface area (Å²) in [7, 11) is 0. The molecule has 1 saturated heterocycles. The molecule has 0 aromatic rings. The van der Waals surface area contributed by atoms with Gasteiger partial charge in [0.15, 0.2) is 0 Å². The molecule has 0 spiro atoms. The van der Waals surface area contributed by atoms with E-state index in [1.807, 2.05) is 27.7 Å². The molecule has 1 aliphatic heterocycles. The van der Waals surface area contributed by atoms with Gasteiger partial charge in [0.1, 0.15) is 18.1 Å². The highest BCUT2D eigenvalue weighted by molar-refractivity contribution is 5.94. The normalized spacial score (nSPS) is 20.1. The number of carbonyl (C=O) groups excluding carboxylic acids is 3. The maximum absolute atomic E-state index is 13.1. The quantitative estimate of drug-likeness (QED) is 0.307. The molecule has 0 radical (unpaired) electrons. The topological polar surface area (TPSA) is 137 Å². The molecule has 5 unspecified atom stereocenters. The van der Waals surface area contributed by atoms with Crippen molar-refractivity contribution in [2.75, 3.05) is 6.54 Å². The van der Waals surface area contributed by atoms with Crippen LogP contribution in [0.2, 0.25) is 0 Å². The van der Waals surface area contributed by atoms with Gasteiger partial charge in [0.2, 0.25) is 17.7 Å². The zero-order chi connectivity index (χ0) is 23.7. The van der Waals surface area contributed by atoms with Crippen LogP contribution in [-0.4, -0.2) is 59.5 Å². The molecule has 1 heterocycles. The van der Waals surface area contributed by atoms with Crippen LogP contribution < -0.4 is 21.3 Å². The molecule has 0 aromatic carbocycles. The van der Waals surface area contributed by atoms with Crippen molar-refractivity contribution in [2.24, 2.45) is 17.8 Å². The lowest BCUT2D eigenvalue weighted by atomic mass is 9.95. The Morgan fingerprint density at radius 3 is 2.03 bits per heavy atom. The number of carboxylic acid groups (broad SMARTS) is 1. The molecule has 9 heteroatoms. The molecule has 31 heavy (non-hydrogen) atoms. The largest absolute Gasteiger partial charge is 0.480 e. The minimum atomic E-state index is -1.12. The summed E-state index contributed by atoms with van der Waals surface area (Å²) < 4.78 is 0. The first kappa shape index (κ1) is 26.9. The minimum absolute atomic E-state index is 0.154. The van der Waals surface area contributed by atoms with Crippen LogP contribution in [0.3, 0.4) is 0 Å². The van der Waals surface area contributed by atoms with Gasteiger partial charge in [0, 0.05) is 0 Å². The molecule has 5 atom stereocenters. The molecule has 0 bridgehead atoms. The van der Waals surface area contributed by atoms with Gasteiger partial charge in [-0.25, -0.2) is 4.79 Å². The van der Waals surface area contributed by atoms with Gasteiger partial charge in [0.25, 0.3) is 0 Å². The molecule has 5 N–H and O–H groups in total. The lowest BCUT2D eigenvalue weighted by Gasteiger charge is -2.29. The zero-order valence-corrected chi connectivity index (χ0v) is 19.7. The van der Waals surface area contributed by atoms with Crippen molar-refractivity contribution in [1.29, 1.82) is 0 Å². The van der Waals surface area contributed by atoms with E-state index in [-0.39, 0.29) is 29.7 Å². The first-order valence-corrected chi connectivity index (χ1v) is 11.3. The molecular formula is C22H40N4O5. The Morgan fingerprint density at radius 1 is 0.968 bits per heavy atom. The first-order valence-electron chi connectivity index (χ1n) is 11.3. The second-order valence-electron chi connectivity index (χ2n) is 9.28. The summed E-state index contributed by atoms with van der Waals surface area (Å²) in [5.41, 5.74) is 0.